The third-order valence-electron chi connectivity index (χ3n) is 26.3. The lowest BCUT2D eigenvalue weighted by Gasteiger charge is -2.46. The molecule has 0 aliphatic carbocycles. The molecule has 6 heterocycles. The summed E-state index contributed by atoms with van der Waals surface area (Å²) in [7, 11) is 0. The van der Waals surface area contributed by atoms with E-state index in [0.717, 1.165) is 156 Å². The molecule has 0 radical (unpaired) electrons. The van der Waals surface area contributed by atoms with Gasteiger partial charge in [-0.15, -0.1) is 0 Å². The molecule has 0 bridgehead atoms. The highest BCUT2D eigenvalue weighted by molar-refractivity contribution is 7.00. The van der Waals surface area contributed by atoms with Crippen LogP contribution in [0.4, 0.5) is 34.1 Å². The molecule has 18 aromatic rings. The van der Waals surface area contributed by atoms with Gasteiger partial charge < -0.3 is 23.5 Å². The summed E-state index contributed by atoms with van der Waals surface area (Å²) in [6.45, 7) is 47.1. The third kappa shape index (κ3) is 13.2. The number of benzene rings is 14. The van der Waals surface area contributed by atoms with Crippen molar-refractivity contribution in [2.45, 2.75) is 183 Å². The minimum atomic E-state index is -0.616. The summed E-state index contributed by atoms with van der Waals surface area (Å²) in [6, 6.07) is 91.0. The van der Waals surface area contributed by atoms with Gasteiger partial charge in [0.1, 0.15) is 0 Å². The molecule has 14 aromatic carbocycles. The van der Waals surface area contributed by atoms with Crippen LogP contribution in [0, 0.1) is 0 Å². The summed E-state index contributed by atoms with van der Waals surface area (Å²) < 4.78 is 86.5. The molecule has 7 heteroatoms. The second kappa shape index (κ2) is 28.4. The topological polar surface area (TPSA) is 34.2 Å². The van der Waals surface area contributed by atoms with Crippen LogP contribution in [0.15, 0.2) is 303 Å². The van der Waals surface area contributed by atoms with Crippen LogP contribution in [0.1, 0.15) is 195 Å². The Morgan fingerprint density at radius 1 is 0.258 bits per heavy atom. The van der Waals surface area contributed by atoms with E-state index in [4.69, 9.17) is 4.98 Å². The summed E-state index contributed by atoms with van der Waals surface area (Å²) in [5.41, 5.74) is 27.5. The van der Waals surface area contributed by atoms with Gasteiger partial charge >= 0.3 is 0 Å². The molecule has 0 fully saturated rings. The van der Waals surface area contributed by atoms with Crippen molar-refractivity contribution in [2.75, 3.05) is 9.80 Å². The number of fused-ring (bicyclic) bond motifs is 13. The number of aromatic nitrogens is 4. The van der Waals surface area contributed by atoms with E-state index in [1.165, 1.54) is 22.3 Å². The quantitative estimate of drug-likeness (QED) is 0.135. The number of pyridine rings is 1. The lowest BCUT2D eigenvalue weighted by atomic mass is 9.33. The SMILES string of the molecule is [2H]c1c([2H])c([2H])c2c(c1[2H])c1c([2H])c([2H])c([2H])c([2H])c1n2-c1cc2c3c(c1)N(c1c(-c4ccccc4)cc(C(C)(C)C)cc1-c1cccc(C(C)(C)C)n1)c1cc(-n4c5ccc(C(C)(C)C)cc5c5cc(C(C)(C)C)ccc54)ccc1B3c1ccc(-n3c4ccc(C(C)(C)C)cc4c4cc(C(C)(C)C)ccc43)cc1N2c1c(-c2ccccc2)cc(C(C)(C)C)cc1-c1ccccc1. The maximum atomic E-state index is 10.5. The molecule has 0 saturated heterocycles. The summed E-state index contributed by atoms with van der Waals surface area (Å²) >= 11 is 0. The lowest BCUT2D eigenvalue weighted by molar-refractivity contribution is 0.569. The van der Waals surface area contributed by atoms with E-state index in [2.05, 4.69) is 419 Å². The predicted octanol–water partition coefficient (Wildman–Crippen LogP) is 30.2. The van der Waals surface area contributed by atoms with E-state index in [1.54, 1.807) is 4.57 Å². The van der Waals surface area contributed by atoms with Crippen LogP contribution >= 0.6 is 0 Å². The van der Waals surface area contributed by atoms with E-state index < -0.39 is 65.9 Å². The van der Waals surface area contributed by atoms with Crippen LogP contribution in [0.3, 0.4) is 0 Å². The first-order valence-electron chi connectivity index (χ1n) is 48.0. The molecule has 20 rings (SSSR count). The van der Waals surface area contributed by atoms with Crippen LogP contribution in [0.5, 0.6) is 0 Å². The molecule has 6 nitrogen and oxygen atoms in total. The van der Waals surface area contributed by atoms with Crippen molar-refractivity contribution in [1.29, 1.82) is 0 Å². The van der Waals surface area contributed by atoms with Crippen LogP contribution in [0.25, 0.3) is 127 Å². The average molecular weight is 1620 g/mol. The second-order valence-electron chi connectivity index (χ2n) is 42.0. The maximum absolute atomic E-state index is 10.5. The standard InChI is InChI=1S/C117H113BN6/c1-111(2,3)75-48-56-99-89(60-75)90-61-76(112(4,5)6)49-57-100(90)120(99)81-52-54-94-103(68-81)123(109-86(72-36-25-22-26-37-72)64-79(115(13,14)15)65-87(109)73-38-27-23-28-39-73)105-70-83(122-97-45-33-31-42-84(97)85-43-32-34-46-98(85)122)71-106-108(105)118(94)95-55-53-82(121-101-58-50-77(113(7,8)9)62-91(101)92-63-78(114(10,11)12)51-59-102(92)121)69-104(95)124(106)110-88(74-40-29-24-30-41-74)66-80(116(16,17)18)67-93(110)96-44-35-47-107(119-96)117(19,20)21/h22-71H,1-21H3/i31D,32D,33D,34D,42D,43D,45D,46D. The minimum Gasteiger partial charge on any atom is -0.310 e. The summed E-state index contributed by atoms with van der Waals surface area (Å²) in [4.78, 5) is 10.8. The van der Waals surface area contributed by atoms with E-state index in [1.807, 2.05) is 0 Å². The Kier molecular flexibility index (Phi) is 16.2. The average Bonchev–Trinajstić information content (AvgIpc) is 1.34. The van der Waals surface area contributed by atoms with Gasteiger partial charge in [-0.2, -0.15) is 0 Å². The smallest absolute Gasteiger partial charge is 0.252 e. The number of para-hydroxylation sites is 2. The van der Waals surface area contributed by atoms with Gasteiger partial charge in [0.05, 0.1) is 66.8 Å². The van der Waals surface area contributed by atoms with Crippen molar-refractivity contribution in [3.63, 3.8) is 0 Å². The number of anilines is 6. The number of hydrogen-bond donors (Lipinski definition) is 0. The number of hydrogen-bond acceptors (Lipinski definition) is 3. The largest absolute Gasteiger partial charge is 0.310 e. The fourth-order valence-corrected chi connectivity index (χ4v) is 19.3. The van der Waals surface area contributed by atoms with Crippen LogP contribution in [0.2, 0.25) is 0 Å². The Labute approximate surface area is 744 Å². The number of nitrogens with zero attached hydrogens (tertiary/aromatic N) is 6. The summed E-state index contributed by atoms with van der Waals surface area (Å²) in [5, 5.41) is 4.52. The first kappa shape index (κ1) is 70.8. The van der Waals surface area contributed by atoms with Crippen molar-refractivity contribution >= 4 is 123 Å². The molecular formula is C117H113BN6. The van der Waals surface area contributed by atoms with Gasteiger partial charge in [-0.1, -0.05) is 315 Å². The normalized spacial score (nSPS) is 14.4. The second-order valence-corrected chi connectivity index (χ2v) is 42.0. The molecule has 0 spiro atoms. The van der Waals surface area contributed by atoms with E-state index >= 15 is 0 Å². The van der Waals surface area contributed by atoms with Gasteiger partial charge in [0, 0.05) is 99.8 Å². The molecule has 2 aliphatic rings. The van der Waals surface area contributed by atoms with Crippen molar-refractivity contribution in [2.24, 2.45) is 0 Å². The van der Waals surface area contributed by atoms with Crippen LogP contribution < -0.4 is 26.2 Å². The zero-order chi connectivity index (χ0) is 93.5. The van der Waals surface area contributed by atoms with E-state index in [9.17, 15) is 11.0 Å². The summed E-state index contributed by atoms with van der Waals surface area (Å²) in [6.07, 6.45) is 0. The first-order valence-corrected chi connectivity index (χ1v) is 44.0. The van der Waals surface area contributed by atoms with Gasteiger partial charge in [-0.25, -0.2) is 0 Å². The van der Waals surface area contributed by atoms with E-state index in [0.29, 0.717) is 17.1 Å². The Bertz CT molecular complexity index is 7620. The fraction of sp³-hybridized carbons (Fsp3) is 0.239. The summed E-state index contributed by atoms with van der Waals surface area (Å²) in [5.74, 6) is 0. The van der Waals surface area contributed by atoms with E-state index in [-0.39, 0.29) is 48.9 Å². The Morgan fingerprint density at radius 2 is 0.581 bits per heavy atom. The van der Waals surface area contributed by atoms with Gasteiger partial charge in [-0.05, 0) is 232 Å². The minimum absolute atomic E-state index is 0.000796. The van der Waals surface area contributed by atoms with Crippen molar-refractivity contribution in [3.8, 4) is 61.7 Å². The Morgan fingerprint density at radius 3 is 0.927 bits per heavy atom. The molecule has 0 amide bonds. The van der Waals surface area contributed by atoms with Gasteiger partial charge in [0.25, 0.3) is 6.71 Å². The van der Waals surface area contributed by atoms with Gasteiger partial charge in [0.2, 0.25) is 0 Å². The van der Waals surface area contributed by atoms with Crippen molar-refractivity contribution in [1.82, 2.24) is 18.7 Å². The third-order valence-corrected chi connectivity index (χ3v) is 26.3. The van der Waals surface area contributed by atoms with Crippen LogP contribution in [-0.2, 0) is 37.9 Å². The van der Waals surface area contributed by atoms with Crippen molar-refractivity contribution in [3.05, 3.63) is 342 Å². The number of rotatable bonds is 9. The van der Waals surface area contributed by atoms with Crippen LogP contribution in [-0.4, -0.2) is 25.4 Å². The Balaban J connectivity index is 1.05. The Hall–Kier alpha value is -12.7. The zero-order valence-electron chi connectivity index (χ0n) is 83.5. The lowest BCUT2D eigenvalue weighted by Crippen LogP contribution is -2.61. The molecule has 124 heavy (non-hydrogen) atoms. The highest BCUT2D eigenvalue weighted by Crippen LogP contribution is 2.57. The fourth-order valence-electron chi connectivity index (χ4n) is 19.3. The highest BCUT2D eigenvalue weighted by atomic mass is 15.2. The molecular weight excluding hydrogens is 1500 g/mol. The molecule has 0 N–H and O–H groups in total. The molecule has 4 aromatic heterocycles. The first-order chi connectivity index (χ1) is 62.3. The molecule has 0 atom stereocenters. The zero-order valence-corrected chi connectivity index (χ0v) is 75.5. The molecule has 0 saturated carbocycles. The van der Waals surface area contributed by atoms with Gasteiger partial charge in [-0.3, -0.25) is 4.98 Å². The predicted molar refractivity (Wildman–Crippen MR) is 534 cm³/mol. The highest BCUT2D eigenvalue weighted by Gasteiger charge is 2.47. The molecule has 2 aliphatic heterocycles. The molecule has 0 unspecified atom stereocenters. The monoisotopic (exact) mass is 1620 g/mol. The maximum Gasteiger partial charge on any atom is 0.252 e. The van der Waals surface area contributed by atoms with Gasteiger partial charge in [0.15, 0.2) is 0 Å². The van der Waals surface area contributed by atoms with Crippen molar-refractivity contribution < 1.29 is 11.0 Å². The molecule has 614 valence electrons.